The van der Waals surface area contributed by atoms with Gasteiger partial charge in [-0.25, -0.2) is 0 Å². The lowest BCUT2D eigenvalue weighted by Crippen LogP contribution is -2.42. The van der Waals surface area contributed by atoms with Crippen molar-refractivity contribution in [2.24, 2.45) is 5.92 Å². The molecule has 2 heteroatoms. The van der Waals surface area contributed by atoms with Gasteiger partial charge in [-0.15, -0.1) is 0 Å². The Labute approximate surface area is 68.3 Å². The van der Waals surface area contributed by atoms with E-state index in [0.717, 1.165) is 25.3 Å². The second-order valence-corrected chi connectivity index (χ2v) is 3.89. The van der Waals surface area contributed by atoms with Crippen molar-refractivity contribution in [2.45, 2.75) is 38.3 Å². The van der Waals surface area contributed by atoms with Crippen molar-refractivity contribution in [3.8, 4) is 0 Å². The topological polar surface area (TPSA) is 21.3 Å². The molecule has 2 aliphatic rings. The number of nitrogens with one attached hydrogen (secondary N) is 1. The van der Waals surface area contributed by atoms with Gasteiger partial charge in [0.1, 0.15) is 0 Å². The SMILES string of the molecule is C[C@H]1COCC[C@@H]1NC1CC1. The molecular weight excluding hydrogens is 138 g/mol. The van der Waals surface area contributed by atoms with E-state index in [-0.39, 0.29) is 0 Å². The summed E-state index contributed by atoms with van der Waals surface area (Å²) in [5, 5.41) is 3.66. The fourth-order valence-electron chi connectivity index (χ4n) is 1.68. The molecule has 1 saturated heterocycles. The lowest BCUT2D eigenvalue weighted by Gasteiger charge is -2.29. The number of rotatable bonds is 2. The molecule has 0 amide bonds. The summed E-state index contributed by atoms with van der Waals surface area (Å²) < 4.78 is 5.37. The summed E-state index contributed by atoms with van der Waals surface area (Å²) in [6, 6.07) is 1.58. The van der Waals surface area contributed by atoms with Crippen LogP contribution in [0.15, 0.2) is 0 Å². The summed E-state index contributed by atoms with van der Waals surface area (Å²) in [5.41, 5.74) is 0. The van der Waals surface area contributed by atoms with Gasteiger partial charge in [0.2, 0.25) is 0 Å². The Kier molecular flexibility index (Phi) is 2.14. The van der Waals surface area contributed by atoms with Gasteiger partial charge >= 0.3 is 0 Å². The average Bonchev–Trinajstić information content (AvgIpc) is 2.78. The summed E-state index contributed by atoms with van der Waals surface area (Å²) in [5.74, 6) is 0.712. The highest BCUT2D eigenvalue weighted by Gasteiger charge is 2.28. The Balaban J connectivity index is 1.78. The molecule has 64 valence electrons. The molecule has 1 heterocycles. The van der Waals surface area contributed by atoms with Crippen molar-refractivity contribution in [3.63, 3.8) is 0 Å². The first-order valence-corrected chi connectivity index (χ1v) is 4.70. The molecule has 2 fully saturated rings. The maximum atomic E-state index is 5.37. The van der Waals surface area contributed by atoms with Crippen LogP contribution in [-0.4, -0.2) is 25.3 Å². The normalized spacial score (nSPS) is 39.0. The third kappa shape index (κ3) is 1.94. The van der Waals surface area contributed by atoms with E-state index in [2.05, 4.69) is 12.2 Å². The van der Waals surface area contributed by atoms with Gasteiger partial charge in [-0.2, -0.15) is 0 Å². The van der Waals surface area contributed by atoms with Gasteiger partial charge in [0.25, 0.3) is 0 Å². The lowest BCUT2D eigenvalue weighted by atomic mass is 9.98. The van der Waals surface area contributed by atoms with Crippen molar-refractivity contribution in [3.05, 3.63) is 0 Å². The zero-order valence-corrected chi connectivity index (χ0v) is 7.18. The lowest BCUT2D eigenvalue weighted by molar-refractivity contribution is 0.0386. The maximum Gasteiger partial charge on any atom is 0.0506 e. The molecular formula is C9H17NO. The molecule has 11 heavy (non-hydrogen) atoms. The Morgan fingerprint density at radius 3 is 2.73 bits per heavy atom. The largest absolute Gasteiger partial charge is 0.381 e. The van der Waals surface area contributed by atoms with Crippen LogP contribution in [0.5, 0.6) is 0 Å². The van der Waals surface area contributed by atoms with Crippen molar-refractivity contribution >= 4 is 0 Å². The molecule has 0 aromatic heterocycles. The van der Waals surface area contributed by atoms with E-state index in [0.29, 0.717) is 5.92 Å². The van der Waals surface area contributed by atoms with Gasteiger partial charge in [-0.05, 0) is 25.2 Å². The second-order valence-electron chi connectivity index (χ2n) is 3.89. The van der Waals surface area contributed by atoms with Gasteiger partial charge in [0.15, 0.2) is 0 Å². The molecule has 0 spiro atoms. The van der Waals surface area contributed by atoms with Gasteiger partial charge in [-0.3, -0.25) is 0 Å². The zero-order chi connectivity index (χ0) is 7.68. The molecule has 0 aromatic carbocycles. The van der Waals surface area contributed by atoms with Crippen LogP contribution < -0.4 is 5.32 Å². The molecule has 0 bridgehead atoms. The summed E-state index contributed by atoms with van der Waals surface area (Å²) >= 11 is 0. The van der Waals surface area contributed by atoms with Gasteiger partial charge in [0, 0.05) is 18.7 Å². The monoisotopic (exact) mass is 155 g/mol. The second kappa shape index (κ2) is 3.11. The maximum absolute atomic E-state index is 5.37. The van der Waals surface area contributed by atoms with Crippen LogP contribution in [0.1, 0.15) is 26.2 Å². The van der Waals surface area contributed by atoms with E-state index in [4.69, 9.17) is 4.74 Å². The van der Waals surface area contributed by atoms with E-state index < -0.39 is 0 Å². The highest BCUT2D eigenvalue weighted by Crippen LogP contribution is 2.23. The van der Waals surface area contributed by atoms with Crippen LogP contribution in [0.3, 0.4) is 0 Å². The number of ether oxygens (including phenoxy) is 1. The van der Waals surface area contributed by atoms with Gasteiger partial charge in [-0.1, -0.05) is 6.92 Å². The fourth-order valence-corrected chi connectivity index (χ4v) is 1.68. The smallest absolute Gasteiger partial charge is 0.0506 e. The van der Waals surface area contributed by atoms with E-state index >= 15 is 0 Å². The van der Waals surface area contributed by atoms with Crippen LogP contribution >= 0.6 is 0 Å². The summed E-state index contributed by atoms with van der Waals surface area (Å²) in [7, 11) is 0. The standard InChI is InChI=1S/C9H17NO/c1-7-6-11-5-4-9(7)10-8-2-3-8/h7-10H,2-6H2,1H3/t7-,9-/m0/s1. The van der Waals surface area contributed by atoms with Crippen LogP contribution in [0.2, 0.25) is 0 Å². The first kappa shape index (κ1) is 7.56. The Hall–Kier alpha value is -0.0800. The van der Waals surface area contributed by atoms with Crippen LogP contribution in [-0.2, 0) is 4.74 Å². The summed E-state index contributed by atoms with van der Waals surface area (Å²) in [6.45, 7) is 4.18. The zero-order valence-electron chi connectivity index (χ0n) is 7.18. The highest BCUT2D eigenvalue weighted by atomic mass is 16.5. The van der Waals surface area contributed by atoms with Crippen molar-refractivity contribution < 1.29 is 4.74 Å². The van der Waals surface area contributed by atoms with Gasteiger partial charge in [0.05, 0.1) is 6.61 Å². The minimum absolute atomic E-state index is 0.712. The van der Waals surface area contributed by atoms with Crippen LogP contribution in [0.4, 0.5) is 0 Å². The minimum atomic E-state index is 0.712. The molecule has 1 N–H and O–H groups in total. The average molecular weight is 155 g/mol. The van der Waals surface area contributed by atoms with E-state index in [1.165, 1.54) is 19.3 Å². The van der Waals surface area contributed by atoms with Crippen LogP contribution in [0.25, 0.3) is 0 Å². The molecule has 2 rings (SSSR count). The third-order valence-corrected chi connectivity index (χ3v) is 2.67. The van der Waals surface area contributed by atoms with E-state index in [1.54, 1.807) is 0 Å². The fraction of sp³-hybridized carbons (Fsp3) is 1.00. The third-order valence-electron chi connectivity index (χ3n) is 2.67. The number of hydrogen-bond donors (Lipinski definition) is 1. The molecule has 1 aliphatic carbocycles. The van der Waals surface area contributed by atoms with Gasteiger partial charge < -0.3 is 10.1 Å². The predicted octanol–water partition coefficient (Wildman–Crippen LogP) is 1.16. The minimum Gasteiger partial charge on any atom is -0.381 e. The molecule has 1 saturated carbocycles. The Morgan fingerprint density at radius 2 is 2.09 bits per heavy atom. The summed E-state index contributed by atoms with van der Waals surface area (Å²) in [6.07, 6.45) is 3.99. The van der Waals surface area contributed by atoms with Crippen molar-refractivity contribution in [1.29, 1.82) is 0 Å². The molecule has 0 radical (unpaired) electrons. The predicted molar refractivity (Wildman–Crippen MR) is 44.5 cm³/mol. The number of hydrogen-bond acceptors (Lipinski definition) is 2. The molecule has 1 aliphatic heterocycles. The first-order chi connectivity index (χ1) is 5.36. The quantitative estimate of drug-likeness (QED) is 0.646. The van der Waals surface area contributed by atoms with Crippen molar-refractivity contribution in [2.75, 3.05) is 13.2 Å². The van der Waals surface area contributed by atoms with Crippen LogP contribution in [0, 0.1) is 5.92 Å². The molecule has 0 unspecified atom stereocenters. The van der Waals surface area contributed by atoms with E-state index in [9.17, 15) is 0 Å². The Bertz CT molecular complexity index is 134. The highest BCUT2D eigenvalue weighted by molar-refractivity contribution is 4.87. The summed E-state index contributed by atoms with van der Waals surface area (Å²) in [4.78, 5) is 0. The van der Waals surface area contributed by atoms with Crippen molar-refractivity contribution in [1.82, 2.24) is 5.32 Å². The molecule has 2 atom stereocenters. The first-order valence-electron chi connectivity index (χ1n) is 4.70. The van der Waals surface area contributed by atoms with E-state index in [1.807, 2.05) is 0 Å². The molecule has 2 nitrogen and oxygen atoms in total. The Morgan fingerprint density at radius 1 is 1.27 bits per heavy atom. The molecule has 0 aromatic rings.